The van der Waals surface area contributed by atoms with Gasteiger partial charge in [-0.05, 0) is 48.7 Å². The van der Waals surface area contributed by atoms with Crippen molar-refractivity contribution in [2.75, 3.05) is 18.5 Å². The Kier molecular flexibility index (Phi) is 4.90. The molecule has 1 aromatic heterocycles. The number of aryl methyl sites for hydroxylation is 2. The number of β-amino-alcohol motifs (C(OH)–C–C–N with tert-alkyl or cyclic N) is 1. The van der Waals surface area contributed by atoms with Gasteiger partial charge in [0.2, 0.25) is 5.89 Å². The van der Waals surface area contributed by atoms with Crippen LogP contribution in [-0.2, 0) is 16.0 Å². The molecule has 0 fully saturated rings. The number of benzene rings is 2. The van der Waals surface area contributed by atoms with E-state index in [1.807, 2.05) is 43.3 Å². The van der Waals surface area contributed by atoms with Crippen molar-refractivity contribution in [1.82, 2.24) is 9.88 Å². The lowest BCUT2D eigenvalue weighted by atomic mass is 10.1. The second-order valence-corrected chi connectivity index (χ2v) is 6.91. The molecule has 29 heavy (non-hydrogen) atoms. The van der Waals surface area contributed by atoms with Gasteiger partial charge in [-0.25, -0.2) is 4.98 Å². The molecule has 0 atom stereocenters. The van der Waals surface area contributed by atoms with E-state index < -0.39 is 11.8 Å². The minimum atomic E-state index is -0.456. The van der Waals surface area contributed by atoms with Gasteiger partial charge in [0.05, 0.1) is 13.2 Å². The quantitative estimate of drug-likeness (QED) is 0.627. The van der Waals surface area contributed by atoms with Crippen molar-refractivity contribution in [3.63, 3.8) is 0 Å². The van der Waals surface area contributed by atoms with Crippen LogP contribution in [0.5, 0.6) is 0 Å². The van der Waals surface area contributed by atoms with Gasteiger partial charge >= 0.3 is 0 Å². The van der Waals surface area contributed by atoms with E-state index in [1.54, 1.807) is 0 Å². The summed E-state index contributed by atoms with van der Waals surface area (Å²) in [6, 6.07) is 11.6. The summed E-state index contributed by atoms with van der Waals surface area (Å²) >= 11 is 0. The van der Waals surface area contributed by atoms with Gasteiger partial charge in [-0.3, -0.25) is 14.5 Å². The van der Waals surface area contributed by atoms with Gasteiger partial charge in [0.25, 0.3) is 11.8 Å². The minimum absolute atomic E-state index is 0.0268. The van der Waals surface area contributed by atoms with Gasteiger partial charge in [-0.15, -0.1) is 0 Å². The molecule has 2 amide bonds. The Balaban J connectivity index is 1.64. The van der Waals surface area contributed by atoms with Gasteiger partial charge in [-0.1, -0.05) is 19.1 Å². The summed E-state index contributed by atoms with van der Waals surface area (Å²) in [5.74, 6) is -0.408. The third-order valence-corrected chi connectivity index (χ3v) is 4.95. The second-order valence-electron chi connectivity index (χ2n) is 6.91. The van der Waals surface area contributed by atoms with E-state index in [2.05, 4.69) is 17.2 Å². The fraction of sp³-hybridized carbons (Fsp3) is 0.227. The maximum absolute atomic E-state index is 12.4. The molecule has 0 radical (unpaired) electrons. The first-order valence-electron chi connectivity index (χ1n) is 9.46. The smallest absolute Gasteiger partial charge is 0.277 e. The number of nitrogens with zero attached hydrogens (tertiary/aromatic N) is 2. The molecule has 2 heterocycles. The van der Waals surface area contributed by atoms with Crippen LogP contribution in [0.4, 0.5) is 5.69 Å². The number of rotatable bonds is 6. The Morgan fingerprint density at radius 2 is 2.00 bits per heavy atom. The van der Waals surface area contributed by atoms with Crippen molar-refractivity contribution in [2.24, 2.45) is 0 Å². The van der Waals surface area contributed by atoms with Crippen molar-refractivity contribution in [3.8, 4) is 11.5 Å². The van der Waals surface area contributed by atoms with Crippen molar-refractivity contribution in [1.29, 1.82) is 0 Å². The molecule has 0 aliphatic carbocycles. The van der Waals surface area contributed by atoms with E-state index >= 15 is 0 Å². The van der Waals surface area contributed by atoms with Crippen LogP contribution >= 0.6 is 0 Å². The van der Waals surface area contributed by atoms with E-state index in [-0.39, 0.29) is 18.8 Å². The number of anilines is 1. The standard InChI is InChI=1S/C22H21N3O4/c1-3-14-5-7-19-17(10-14)24-21(29-19)15-6-4-13(2)16(11-15)23-18-12-20(27)25(8-9-26)22(18)28/h4-7,10-12,23,26H,3,8-9H2,1-2H3. The summed E-state index contributed by atoms with van der Waals surface area (Å²) in [5.41, 5.74) is 5.22. The number of carbonyl (C=O) groups is 2. The molecule has 7 nitrogen and oxygen atoms in total. The second kappa shape index (κ2) is 7.52. The number of nitrogens with one attached hydrogen (secondary N) is 1. The predicted molar refractivity (Wildman–Crippen MR) is 109 cm³/mol. The Hall–Kier alpha value is -3.45. The zero-order valence-corrected chi connectivity index (χ0v) is 16.2. The van der Waals surface area contributed by atoms with Crippen molar-refractivity contribution >= 4 is 28.6 Å². The van der Waals surface area contributed by atoms with E-state index in [0.717, 1.165) is 28.0 Å². The van der Waals surface area contributed by atoms with Crippen LogP contribution in [0.1, 0.15) is 18.1 Å². The molecule has 1 aliphatic rings. The van der Waals surface area contributed by atoms with E-state index in [9.17, 15) is 9.59 Å². The first kappa shape index (κ1) is 18.9. The number of oxazole rings is 1. The number of amides is 2. The molecule has 4 rings (SSSR count). The maximum Gasteiger partial charge on any atom is 0.277 e. The first-order valence-corrected chi connectivity index (χ1v) is 9.46. The third-order valence-electron chi connectivity index (χ3n) is 4.95. The van der Waals surface area contributed by atoms with Gasteiger partial charge in [0.1, 0.15) is 11.2 Å². The van der Waals surface area contributed by atoms with Crippen LogP contribution in [0, 0.1) is 6.92 Å². The van der Waals surface area contributed by atoms with Crippen LogP contribution < -0.4 is 5.32 Å². The van der Waals surface area contributed by atoms with Crippen LogP contribution in [-0.4, -0.2) is 40.0 Å². The highest BCUT2D eigenvalue weighted by atomic mass is 16.3. The summed E-state index contributed by atoms with van der Waals surface area (Å²) in [4.78, 5) is 29.9. The summed E-state index contributed by atoms with van der Waals surface area (Å²) in [6.45, 7) is 3.69. The fourth-order valence-corrected chi connectivity index (χ4v) is 3.26. The summed E-state index contributed by atoms with van der Waals surface area (Å²) in [5, 5.41) is 12.1. The minimum Gasteiger partial charge on any atom is -0.436 e. The number of fused-ring (bicyclic) bond motifs is 1. The number of imide groups is 1. The number of hydrogen-bond donors (Lipinski definition) is 2. The van der Waals surface area contributed by atoms with Gasteiger partial charge in [0, 0.05) is 17.3 Å². The summed E-state index contributed by atoms with van der Waals surface area (Å²) in [7, 11) is 0. The average Bonchev–Trinajstić information content (AvgIpc) is 3.25. The molecule has 7 heteroatoms. The maximum atomic E-state index is 12.4. The van der Waals surface area contributed by atoms with Crippen LogP contribution in [0.15, 0.2) is 52.6 Å². The van der Waals surface area contributed by atoms with Crippen molar-refractivity contribution in [3.05, 3.63) is 59.3 Å². The first-order chi connectivity index (χ1) is 14.0. The Labute approximate surface area is 167 Å². The Morgan fingerprint density at radius 1 is 1.17 bits per heavy atom. The van der Waals surface area contributed by atoms with Crippen LogP contribution in [0.2, 0.25) is 0 Å². The normalized spacial score (nSPS) is 14.0. The molecule has 2 aromatic carbocycles. The number of carbonyl (C=O) groups excluding carboxylic acids is 2. The van der Waals surface area contributed by atoms with E-state index in [4.69, 9.17) is 9.52 Å². The Morgan fingerprint density at radius 3 is 2.76 bits per heavy atom. The lowest BCUT2D eigenvalue weighted by Crippen LogP contribution is -2.34. The predicted octanol–water partition coefficient (Wildman–Crippen LogP) is 3.02. The topological polar surface area (TPSA) is 95.7 Å². The zero-order chi connectivity index (χ0) is 20.5. The van der Waals surface area contributed by atoms with E-state index in [0.29, 0.717) is 17.2 Å². The van der Waals surface area contributed by atoms with Gasteiger partial charge in [0.15, 0.2) is 5.58 Å². The van der Waals surface area contributed by atoms with Gasteiger partial charge in [-0.2, -0.15) is 0 Å². The number of aromatic nitrogens is 1. The number of hydrogen-bond acceptors (Lipinski definition) is 6. The molecular formula is C22H21N3O4. The molecule has 0 bridgehead atoms. The highest BCUT2D eigenvalue weighted by molar-refractivity contribution is 6.17. The van der Waals surface area contributed by atoms with Crippen LogP contribution in [0.3, 0.4) is 0 Å². The van der Waals surface area contributed by atoms with Crippen molar-refractivity contribution < 1.29 is 19.1 Å². The van der Waals surface area contributed by atoms with Gasteiger partial charge < -0.3 is 14.8 Å². The third kappa shape index (κ3) is 3.52. The number of aliphatic hydroxyl groups is 1. The Bertz CT molecular complexity index is 1150. The highest BCUT2D eigenvalue weighted by Crippen LogP contribution is 2.29. The highest BCUT2D eigenvalue weighted by Gasteiger charge is 2.30. The van der Waals surface area contributed by atoms with E-state index in [1.165, 1.54) is 11.6 Å². The summed E-state index contributed by atoms with van der Waals surface area (Å²) in [6.07, 6.45) is 2.17. The molecule has 0 saturated heterocycles. The molecule has 2 N–H and O–H groups in total. The molecule has 148 valence electrons. The zero-order valence-electron chi connectivity index (χ0n) is 16.2. The molecular weight excluding hydrogens is 370 g/mol. The number of aliphatic hydroxyl groups excluding tert-OH is 1. The lowest BCUT2D eigenvalue weighted by molar-refractivity contribution is -0.137. The van der Waals surface area contributed by atoms with Crippen LogP contribution in [0.25, 0.3) is 22.6 Å². The average molecular weight is 391 g/mol. The molecule has 0 unspecified atom stereocenters. The monoisotopic (exact) mass is 391 g/mol. The molecule has 0 saturated carbocycles. The lowest BCUT2D eigenvalue weighted by Gasteiger charge is -2.14. The molecule has 1 aliphatic heterocycles. The summed E-state index contributed by atoms with van der Waals surface area (Å²) < 4.78 is 5.90. The van der Waals surface area contributed by atoms with Crippen molar-refractivity contribution in [2.45, 2.75) is 20.3 Å². The SMILES string of the molecule is CCc1ccc2oc(-c3ccc(C)c(NC4=CC(=O)N(CCO)C4=O)c3)nc2c1. The molecule has 3 aromatic rings. The molecule has 0 spiro atoms. The largest absolute Gasteiger partial charge is 0.436 e. The fourth-order valence-electron chi connectivity index (χ4n) is 3.26.